The molecule has 13 heteroatoms. The lowest BCUT2D eigenvalue weighted by Crippen LogP contribution is -2.18. The lowest BCUT2D eigenvalue weighted by molar-refractivity contribution is 0.101. The number of benzene rings is 2. The zero-order valence-electron chi connectivity index (χ0n) is 25.2. The van der Waals surface area contributed by atoms with Crippen LogP contribution in [0.5, 0.6) is 0 Å². The lowest BCUT2D eigenvalue weighted by Gasteiger charge is -2.12. The maximum atomic E-state index is 14.6. The van der Waals surface area contributed by atoms with Crippen molar-refractivity contribution in [3.63, 3.8) is 0 Å². The zero-order chi connectivity index (χ0) is 32.0. The highest BCUT2D eigenvalue weighted by molar-refractivity contribution is 6.11. The first kappa shape index (κ1) is 29.2. The number of rotatable bonds is 7. The fourth-order valence-electron chi connectivity index (χ4n) is 5.37. The monoisotopic (exact) mass is 608 g/mol. The van der Waals surface area contributed by atoms with E-state index < -0.39 is 17.6 Å². The van der Waals surface area contributed by atoms with E-state index in [-0.39, 0.29) is 28.3 Å². The van der Waals surface area contributed by atoms with Crippen LogP contribution in [-0.2, 0) is 20.6 Å². The summed E-state index contributed by atoms with van der Waals surface area (Å²) >= 11 is 0. The van der Waals surface area contributed by atoms with Gasteiger partial charge in [0.15, 0.2) is 11.5 Å². The molecule has 45 heavy (non-hydrogen) atoms. The van der Waals surface area contributed by atoms with Crippen LogP contribution in [0, 0.1) is 19.7 Å². The topological polar surface area (TPSA) is 142 Å². The van der Waals surface area contributed by atoms with Crippen LogP contribution < -0.4 is 16.2 Å². The van der Waals surface area contributed by atoms with Crippen molar-refractivity contribution in [2.75, 3.05) is 10.6 Å². The van der Waals surface area contributed by atoms with Gasteiger partial charge in [0.1, 0.15) is 17.4 Å². The van der Waals surface area contributed by atoms with Crippen molar-refractivity contribution < 1.29 is 18.5 Å². The molecule has 0 aliphatic carbocycles. The van der Waals surface area contributed by atoms with Gasteiger partial charge < -0.3 is 24.3 Å². The number of amides is 2. The first-order valence-electron chi connectivity index (χ1n) is 14.1. The Kier molecular flexibility index (Phi) is 7.36. The Morgan fingerprint density at radius 3 is 2.33 bits per heavy atom. The second kappa shape index (κ2) is 11.3. The van der Waals surface area contributed by atoms with Crippen molar-refractivity contribution in [2.45, 2.75) is 27.3 Å². The standard InChI is InChI=1S/C32H29FN8O4/c1-6-41-25(19-7-9-20(10-8-19)27-17(2)45-40(5)32(27)44)14-24-29(41)28(36-18(3)35-24)31(43)37-21-11-12-23(33)22(13-21)30(42)38-26-15-39(4)16-34-26/h7-16H,6H2,1-5H3,(H,37,43)(H,38,42). The van der Waals surface area contributed by atoms with E-state index in [0.717, 1.165) is 22.9 Å². The van der Waals surface area contributed by atoms with E-state index in [0.29, 0.717) is 34.7 Å². The summed E-state index contributed by atoms with van der Waals surface area (Å²) < 4.78 is 24.8. The molecule has 0 aliphatic heterocycles. The first-order chi connectivity index (χ1) is 21.5. The number of nitrogens with one attached hydrogen (secondary N) is 2. The molecule has 6 rings (SSSR count). The van der Waals surface area contributed by atoms with Crippen LogP contribution in [0.15, 0.2) is 70.4 Å². The Balaban J connectivity index is 1.33. The molecular weight excluding hydrogens is 579 g/mol. The van der Waals surface area contributed by atoms with Crippen LogP contribution in [0.2, 0.25) is 0 Å². The average molecular weight is 609 g/mol. The molecule has 0 aliphatic rings. The SMILES string of the molecule is CCn1c(-c2ccc(-c3c(C)on(C)c3=O)cc2)cc2nc(C)nc(C(=O)Nc3ccc(F)c(C(=O)Nc4cn(C)cn4)c3)c21. The van der Waals surface area contributed by atoms with Gasteiger partial charge in [0.25, 0.3) is 17.4 Å². The summed E-state index contributed by atoms with van der Waals surface area (Å²) in [4.78, 5) is 52.1. The molecule has 0 saturated heterocycles. The highest BCUT2D eigenvalue weighted by Gasteiger charge is 2.22. The second-order valence-electron chi connectivity index (χ2n) is 10.6. The number of imidazole rings is 1. The van der Waals surface area contributed by atoms with E-state index >= 15 is 0 Å². The molecule has 4 aromatic heterocycles. The van der Waals surface area contributed by atoms with Crippen LogP contribution in [0.3, 0.4) is 0 Å². The third-order valence-corrected chi connectivity index (χ3v) is 7.40. The molecule has 12 nitrogen and oxygen atoms in total. The van der Waals surface area contributed by atoms with E-state index in [4.69, 9.17) is 4.52 Å². The van der Waals surface area contributed by atoms with Crippen molar-refractivity contribution in [3.8, 4) is 22.4 Å². The summed E-state index contributed by atoms with van der Waals surface area (Å²) in [6.45, 7) is 5.89. The van der Waals surface area contributed by atoms with E-state index in [2.05, 4.69) is 25.6 Å². The molecule has 228 valence electrons. The molecule has 0 bridgehead atoms. The number of aromatic nitrogens is 6. The molecule has 0 fully saturated rings. The predicted octanol–water partition coefficient (Wildman–Crippen LogP) is 5.07. The van der Waals surface area contributed by atoms with Crippen molar-refractivity contribution in [1.82, 2.24) is 28.8 Å². The van der Waals surface area contributed by atoms with Crippen LogP contribution in [-0.4, -0.2) is 40.6 Å². The van der Waals surface area contributed by atoms with Gasteiger partial charge in [-0.05, 0) is 56.2 Å². The Labute approximate surface area is 256 Å². The molecule has 0 atom stereocenters. The van der Waals surface area contributed by atoms with Gasteiger partial charge in [-0.3, -0.25) is 14.4 Å². The van der Waals surface area contributed by atoms with Gasteiger partial charge in [-0.2, -0.15) is 4.74 Å². The minimum atomic E-state index is -0.750. The van der Waals surface area contributed by atoms with Crippen LogP contribution in [0.4, 0.5) is 15.9 Å². The Morgan fingerprint density at radius 2 is 1.69 bits per heavy atom. The molecule has 6 aromatic rings. The zero-order valence-corrected chi connectivity index (χ0v) is 25.2. The number of halogens is 1. The van der Waals surface area contributed by atoms with Crippen molar-refractivity contribution >= 4 is 34.4 Å². The number of aryl methyl sites for hydroxylation is 5. The molecule has 2 amide bonds. The Bertz CT molecular complexity index is 2170. The van der Waals surface area contributed by atoms with Gasteiger partial charge >= 0.3 is 0 Å². The number of carbonyl (C=O) groups is 2. The molecule has 0 unspecified atom stereocenters. The molecule has 0 radical (unpaired) electrons. The Hall–Kier alpha value is -5.85. The normalized spacial score (nSPS) is 11.2. The quantitative estimate of drug-likeness (QED) is 0.258. The summed E-state index contributed by atoms with van der Waals surface area (Å²) in [6.07, 6.45) is 3.09. The first-order valence-corrected chi connectivity index (χ1v) is 14.1. The molecule has 4 heterocycles. The van der Waals surface area contributed by atoms with Gasteiger partial charge in [0.2, 0.25) is 0 Å². The van der Waals surface area contributed by atoms with Crippen molar-refractivity contribution in [3.05, 3.63) is 100 Å². The summed E-state index contributed by atoms with van der Waals surface area (Å²) in [5, 5.41) is 5.30. The molecule has 2 N–H and O–H groups in total. The summed E-state index contributed by atoms with van der Waals surface area (Å²) in [5.41, 5.74) is 3.85. The maximum Gasteiger partial charge on any atom is 0.290 e. The van der Waals surface area contributed by atoms with Gasteiger partial charge in [-0.25, -0.2) is 19.3 Å². The smallest absolute Gasteiger partial charge is 0.290 e. The maximum absolute atomic E-state index is 14.6. The van der Waals surface area contributed by atoms with Crippen LogP contribution in [0.25, 0.3) is 33.4 Å². The number of hydrogen-bond acceptors (Lipinski definition) is 7. The largest absolute Gasteiger partial charge is 0.381 e. The van der Waals surface area contributed by atoms with Crippen molar-refractivity contribution in [1.29, 1.82) is 0 Å². The van der Waals surface area contributed by atoms with E-state index in [1.807, 2.05) is 41.8 Å². The van der Waals surface area contributed by atoms with Gasteiger partial charge in [-0.1, -0.05) is 24.3 Å². The van der Waals surface area contributed by atoms with Gasteiger partial charge in [-0.15, -0.1) is 0 Å². The third kappa shape index (κ3) is 5.39. The number of hydrogen-bond donors (Lipinski definition) is 2. The van der Waals surface area contributed by atoms with Crippen molar-refractivity contribution in [2.24, 2.45) is 14.1 Å². The number of anilines is 2. The molecule has 0 spiro atoms. The fraction of sp³-hybridized carbons (Fsp3) is 0.188. The summed E-state index contributed by atoms with van der Waals surface area (Å²) in [6, 6.07) is 13.1. The number of nitrogens with zero attached hydrogens (tertiary/aromatic N) is 6. The molecule has 0 saturated carbocycles. The van der Waals surface area contributed by atoms with Gasteiger partial charge in [0.05, 0.1) is 34.2 Å². The van der Waals surface area contributed by atoms with Crippen LogP contribution >= 0.6 is 0 Å². The number of carbonyl (C=O) groups excluding carboxylic acids is 2. The second-order valence-corrected chi connectivity index (χ2v) is 10.6. The summed E-state index contributed by atoms with van der Waals surface area (Å²) in [5.74, 6) is -0.817. The Morgan fingerprint density at radius 1 is 0.956 bits per heavy atom. The highest BCUT2D eigenvalue weighted by Crippen LogP contribution is 2.31. The van der Waals surface area contributed by atoms with Gasteiger partial charge in [0, 0.05) is 32.5 Å². The van der Waals surface area contributed by atoms with E-state index in [1.54, 1.807) is 38.7 Å². The van der Waals surface area contributed by atoms with Crippen LogP contribution in [0.1, 0.15) is 39.4 Å². The van der Waals surface area contributed by atoms with E-state index in [1.165, 1.54) is 23.2 Å². The molecular formula is C32H29FN8O4. The minimum absolute atomic E-state index is 0.128. The predicted molar refractivity (Wildman–Crippen MR) is 167 cm³/mol. The fourth-order valence-corrected chi connectivity index (χ4v) is 5.37. The molecule has 2 aromatic carbocycles. The van der Waals surface area contributed by atoms with E-state index in [9.17, 15) is 18.8 Å². The minimum Gasteiger partial charge on any atom is -0.381 e. The highest BCUT2D eigenvalue weighted by atomic mass is 19.1. The lowest BCUT2D eigenvalue weighted by atomic mass is 10.0. The number of fused-ring (bicyclic) bond motifs is 1. The third-order valence-electron chi connectivity index (χ3n) is 7.40. The average Bonchev–Trinajstić information content (AvgIpc) is 3.67. The summed E-state index contributed by atoms with van der Waals surface area (Å²) in [7, 11) is 3.31.